The first-order chi connectivity index (χ1) is 18.5. The molecule has 0 aliphatic rings. The second-order valence-corrected chi connectivity index (χ2v) is 8.10. The lowest BCUT2D eigenvalue weighted by Crippen LogP contribution is -2.20. The van der Waals surface area contributed by atoms with Crippen molar-refractivity contribution in [3.63, 3.8) is 0 Å². The Labute approximate surface area is 218 Å². The second kappa shape index (κ2) is 12.0. The summed E-state index contributed by atoms with van der Waals surface area (Å²) in [6.07, 6.45) is 1.50. The lowest BCUT2D eigenvalue weighted by molar-refractivity contribution is -0.118. The molecule has 0 aliphatic carbocycles. The zero-order valence-electron chi connectivity index (χ0n) is 20.7. The maximum Gasteiger partial charge on any atom is 0.270 e. The van der Waals surface area contributed by atoms with E-state index in [0.717, 1.165) is 5.56 Å². The van der Waals surface area contributed by atoms with E-state index in [0.29, 0.717) is 28.3 Å². The molecule has 0 saturated carbocycles. The van der Waals surface area contributed by atoms with Crippen LogP contribution in [0.1, 0.15) is 16.7 Å². The Kier molecular flexibility index (Phi) is 8.11. The van der Waals surface area contributed by atoms with E-state index >= 15 is 0 Å². The van der Waals surface area contributed by atoms with Gasteiger partial charge in [0.2, 0.25) is 5.95 Å². The summed E-state index contributed by atoms with van der Waals surface area (Å²) in [7, 11) is 1.49. The highest BCUT2D eigenvalue weighted by Gasteiger charge is 2.13. The molecule has 1 aromatic heterocycles. The fourth-order valence-electron chi connectivity index (χ4n) is 3.55. The summed E-state index contributed by atoms with van der Waals surface area (Å²) in [6, 6.07) is 23.4. The number of nitriles is 1. The molecule has 0 spiro atoms. The highest BCUT2D eigenvalue weighted by Crippen LogP contribution is 2.27. The van der Waals surface area contributed by atoms with Crippen LogP contribution in [0, 0.1) is 18.3 Å². The van der Waals surface area contributed by atoms with Crippen molar-refractivity contribution in [2.45, 2.75) is 6.92 Å². The van der Waals surface area contributed by atoms with Gasteiger partial charge >= 0.3 is 0 Å². The first-order valence-corrected chi connectivity index (χ1v) is 11.5. The minimum absolute atomic E-state index is 0.0793. The van der Waals surface area contributed by atoms with Crippen LogP contribution in [-0.4, -0.2) is 35.8 Å². The molecule has 0 aliphatic heterocycles. The van der Waals surface area contributed by atoms with E-state index in [1.54, 1.807) is 48.5 Å². The van der Waals surface area contributed by atoms with Crippen LogP contribution >= 0.6 is 0 Å². The second-order valence-electron chi connectivity index (χ2n) is 8.10. The maximum absolute atomic E-state index is 12.4. The van der Waals surface area contributed by atoms with Gasteiger partial charge in [0.25, 0.3) is 11.5 Å². The first kappa shape index (κ1) is 25.7. The number of aryl methyl sites for hydroxylation is 1. The third kappa shape index (κ3) is 6.41. The van der Waals surface area contributed by atoms with Gasteiger partial charge in [0.15, 0.2) is 18.1 Å². The Bertz CT molecular complexity index is 1570. The summed E-state index contributed by atoms with van der Waals surface area (Å²) in [5, 5.41) is 16.3. The Morgan fingerprint density at radius 2 is 1.92 bits per heavy atom. The highest BCUT2D eigenvalue weighted by atomic mass is 16.5. The lowest BCUT2D eigenvalue weighted by atomic mass is 10.1. The van der Waals surface area contributed by atoms with E-state index in [4.69, 9.17) is 9.47 Å². The number of methoxy groups -OCH3 is 1. The number of nitrogens with zero attached hydrogens (tertiary/aromatic N) is 3. The molecule has 4 rings (SSSR count). The number of hydrogen-bond donors (Lipinski definition) is 3. The number of carbonyl (C=O) groups excluding carboxylic acids is 1. The topological polar surface area (TPSA) is 141 Å². The third-order valence-electron chi connectivity index (χ3n) is 5.31. The molecule has 0 atom stereocenters. The van der Waals surface area contributed by atoms with Crippen molar-refractivity contribution in [3.8, 4) is 28.8 Å². The number of amides is 1. The van der Waals surface area contributed by atoms with Crippen LogP contribution in [0.25, 0.3) is 11.3 Å². The normalized spacial score (nSPS) is 10.6. The van der Waals surface area contributed by atoms with Crippen LogP contribution in [-0.2, 0) is 4.79 Å². The number of carbonyl (C=O) groups is 1. The standard InChI is InChI=1S/C28H24N6O4/c1-18-7-6-10-21(13-18)31-25(35)17-38-23-12-11-19(14-24(23)37-2)16-30-34-28-32-26(20-8-4-3-5-9-20)22(15-29)27(36)33-28/h3-14,16H,17H2,1-2H3,(H,31,35)(H2,32,33,34,36). The van der Waals surface area contributed by atoms with Crippen molar-refractivity contribution in [2.24, 2.45) is 5.10 Å². The third-order valence-corrected chi connectivity index (χ3v) is 5.31. The Balaban J connectivity index is 1.42. The van der Waals surface area contributed by atoms with E-state index in [1.165, 1.54) is 13.3 Å². The van der Waals surface area contributed by atoms with Crippen LogP contribution in [0.15, 0.2) is 82.7 Å². The zero-order chi connectivity index (χ0) is 26.9. The quantitative estimate of drug-likeness (QED) is 0.228. The van der Waals surface area contributed by atoms with Crippen LogP contribution < -0.4 is 25.8 Å². The molecule has 1 amide bonds. The minimum Gasteiger partial charge on any atom is -0.493 e. The summed E-state index contributed by atoms with van der Waals surface area (Å²) < 4.78 is 11.0. The summed E-state index contributed by atoms with van der Waals surface area (Å²) in [5.41, 5.74) is 5.30. The smallest absolute Gasteiger partial charge is 0.270 e. The molecule has 1 heterocycles. The first-order valence-electron chi connectivity index (χ1n) is 11.5. The molecule has 3 N–H and O–H groups in total. The maximum atomic E-state index is 12.4. The van der Waals surface area contributed by atoms with Gasteiger partial charge in [-0.1, -0.05) is 42.5 Å². The van der Waals surface area contributed by atoms with Gasteiger partial charge in [-0.05, 0) is 48.4 Å². The number of rotatable bonds is 9. The number of anilines is 2. The Hall–Kier alpha value is -5.43. The van der Waals surface area contributed by atoms with Gasteiger partial charge in [-0.15, -0.1) is 0 Å². The van der Waals surface area contributed by atoms with Gasteiger partial charge in [0.1, 0.15) is 11.6 Å². The molecule has 0 fully saturated rings. The van der Waals surface area contributed by atoms with Gasteiger partial charge < -0.3 is 14.8 Å². The predicted octanol–water partition coefficient (Wildman–Crippen LogP) is 4.09. The lowest BCUT2D eigenvalue weighted by Gasteiger charge is -2.11. The van der Waals surface area contributed by atoms with Crippen molar-refractivity contribution < 1.29 is 14.3 Å². The molecular formula is C28H24N6O4. The fraction of sp³-hybridized carbons (Fsp3) is 0.107. The number of nitrogens with one attached hydrogen (secondary N) is 3. The van der Waals surface area contributed by atoms with Crippen molar-refractivity contribution in [3.05, 3.63) is 99.8 Å². The SMILES string of the molecule is COc1cc(C=NNc2nc(-c3ccccc3)c(C#N)c(=O)[nH]2)ccc1OCC(=O)Nc1cccc(C)c1. The van der Waals surface area contributed by atoms with Crippen molar-refractivity contribution in [2.75, 3.05) is 24.5 Å². The average Bonchev–Trinajstić information content (AvgIpc) is 2.92. The van der Waals surface area contributed by atoms with E-state index < -0.39 is 5.56 Å². The summed E-state index contributed by atoms with van der Waals surface area (Å²) in [4.78, 5) is 31.5. The molecule has 3 aromatic carbocycles. The average molecular weight is 509 g/mol. The number of aromatic amines is 1. The largest absolute Gasteiger partial charge is 0.493 e. The number of aromatic nitrogens is 2. The molecule has 10 heteroatoms. The van der Waals surface area contributed by atoms with Crippen molar-refractivity contribution >= 4 is 23.8 Å². The van der Waals surface area contributed by atoms with Gasteiger partial charge in [-0.25, -0.2) is 10.4 Å². The van der Waals surface area contributed by atoms with E-state index in [-0.39, 0.29) is 29.7 Å². The number of ether oxygens (including phenoxy) is 2. The van der Waals surface area contributed by atoms with E-state index in [2.05, 4.69) is 25.8 Å². The molecule has 10 nitrogen and oxygen atoms in total. The molecule has 4 aromatic rings. The van der Waals surface area contributed by atoms with Crippen LogP contribution in [0.2, 0.25) is 0 Å². The van der Waals surface area contributed by atoms with Gasteiger partial charge in [0, 0.05) is 11.3 Å². The molecule has 190 valence electrons. The van der Waals surface area contributed by atoms with E-state index in [9.17, 15) is 14.9 Å². The number of hydrogen-bond acceptors (Lipinski definition) is 8. The number of hydrazone groups is 1. The van der Waals surface area contributed by atoms with Crippen LogP contribution in [0.5, 0.6) is 11.5 Å². The Morgan fingerprint density at radius 1 is 1.11 bits per heavy atom. The summed E-state index contributed by atoms with van der Waals surface area (Å²) >= 11 is 0. The fourth-order valence-corrected chi connectivity index (χ4v) is 3.55. The highest BCUT2D eigenvalue weighted by molar-refractivity contribution is 5.92. The minimum atomic E-state index is -0.575. The van der Waals surface area contributed by atoms with Crippen LogP contribution in [0.3, 0.4) is 0 Å². The molecule has 0 unspecified atom stereocenters. The van der Waals surface area contributed by atoms with Gasteiger partial charge in [-0.3, -0.25) is 14.6 Å². The predicted molar refractivity (Wildman–Crippen MR) is 145 cm³/mol. The summed E-state index contributed by atoms with van der Waals surface area (Å²) in [6.45, 7) is 1.75. The monoisotopic (exact) mass is 508 g/mol. The van der Waals surface area contributed by atoms with Gasteiger partial charge in [-0.2, -0.15) is 10.4 Å². The number of benzene rings is 3. The van der Waals surface area contributed by atoms with Crippen molar-refractivity contribution in [1.29, 1.82) is 5.26 Å². The summed E-state index contributed by atoms with van der Waals surface area (Å²) in [5.74, 6) is 0.582. The molecule has 0 saturated heterocycles. The Morgan fingerprint density at radius 3 is 2.66 bits per heavy atom. The van der Waals surface area contributed by atoms with Gasteiger partial charge in [0.05, 0.1) is 19.0 Å². The van der Waals surface area contributed by atoms with Crippen molar-refractivity contribution in [1.82, 2.24) is 9.97 Å². The molecule has 0 radical (unpaired) electrons. The van der Waals surface area contributed by atoms with E-state index in [1.807, 2.05) is 37.3 Å². The molecule has 0 bridgehead atoms. The zero-order valence-corrected chi connectivity index (χ0v) is 20.7. The number of H-pyrrole nitrogens is 1. The molecular weight excluding hydrogens is 484 g/mol. The molecule has 38 heavy (non-hydrogen) atoms. The van der Waals surface area contributed by atoms with Crippen LogP contribution in [0.4, 0.5) is 11.6 Å².